The number of Topliss-reactive ketones (excluding diaryl/α,β-unsaturated/α-hetero) is 2. The fraction of sp³-hybridized carbons (Fsp3) is 0.565. The number of carbonyl (C=O) groups is 2. The summed E-state index contributed by atoms with van der Waals surface area (Å²) >= 11 is 0. The van der Waals surface area contributed by atoms with Crippen molar-refractivity contribution in [3.8, 4) is 0 Å². The Hall–Kier alpha value is -2.06. The van der Waals surface area contributed by atoms with Crippen molar-refractivity contribution in [1.82, 2.24) is 4.98 Å². The first kappa shape index (κ1) is 24.2. The van der Waals surface area contributed by atoms with E-state index in [2.05, 4.69) is 4.98 Å². The fourth-order valence-corrected chi connectivity index (χ4v) is 2.83. The molecular formula is C23H33NO6. The van der Waals surface area contributed by atoms with Gasteiger partial charge in [-0.05, 0) is 24.3 Å². The van der Waals surface area contributed by atoms with E-state index in [1.807, 2.05) is 39.0 Å². The number of H-pyrrole nitrogens is 1. The van der Waals surface area contributed by atoms with E-state index >= 15 is 0 Å². The van der Waals surface area contributed by atoms with Gasteiger partial charge in [0.2, 0.25) is 0 Å². The zero-order valence-corrected chi connectivity index (χ0v) is 18.4. The van der Waals surface area contributed by atoms with Crippen LogP contribution in [0.5, 0.6) is 0 Å². The third kappa shape index (κ3) is 7.65. The number of benzene rings is 1. The first-order valence-corrected chi connectivity index (χ1v) is 10.3. The second kappa shape index (κ2) is 12.0. The Morgan fingerprint density at radius 2 is 1.47 bits per heavy atom. The minimum Gasteiger partial charge on any atom is -0.382 e. The van der Waals surface area contributed by atoms with Crippen LogP contribution in [0, 0.1) is 5.41 Å². The highest BCUT2D eigenvalue weighted by Gasteiger charge is 2.24. The normalized spacial score (nSPS) is 11.9. The van der Waals surface area contributed by atoms with E-state index < -0.39 is 5.41 Å². The smallest absolute Gasteiger partial charge is 0.184 e. The third-order valence-electron chi connectivity index (χ3n) is 4.52. The van der Waals surface area contributed by atoms with Crippen molar-refractivity contribution in [2.24, 2.45) is 5.41 Å². The number of aromatic nitrogens is 1. The summed E-state index contributed by atoms with van der Waals surface area (Å²) in [4.78, 5) is 28.0. The van der Waals surface area contributed by atoms with Crippen molar-refractivity contribution in [2.45, 2.75) is 27.2 Å². The van der Waals surface area contributed by atoms with Crippen molar-refractivity contribution in [3.63, 3.8) is 0 Å². The lowest BCUT2D eigenvalue weighted by molar-refractivity contribution is 0.00369. The van der Waals surface area contributed by atoms with E-state index in [1.54, 1.807) is 13.2 Å². The number of nitrogens with one attached hydrogen (secondary N) is 1. The first-order chi connectivity index (χ1) is 14.3. The van der Waals surface area contributed by atoms with E-state index in [0.29, 0.717) is 63.9 Å². The summed E-state index contributed by atoms with van der Waals surface area (Å²) in [5.74, 6) is 0.0537. The molecule has 0 spiro atoms. The van der Waals surface area contributed by atoms with Gasteiger partial charge in [0.1, 0.15) is 0 Å². The van der Waals surface area contributed by atoms with E-state index in [-0.39, 0.29) is 11.6 Å². The Labute approximate surface area is 178 Å². The maximum Gasteiger partial charge on any atom is 0.184 e. The van der Waals surface area contributed by atoms with Crippen molar-refractivity contribution in [2.75, 3.05) is 53.4 Å². The zero-order valence-electron chi connectivity index (χ0n) is 18.4. The van der Waals surface area contributed by atoms with E-state index in [1.165, 1.54) is 0 Å². The molecule has 7 heteroatoms. The molecule has 1 aromatic heterocycles. The Kier molecular flexibility index (Phi) is 9.65. The van der Waals surface area contributed by atoms with Crippen LogP contribution < -0.4 is 0 Å². The number of aromatic amines is 1. The number of carbonyl (C=O) groups excluding carboxylic acids is 2. The van der Waals surface area contributed by atoms with Gasteiger partial charge >= 0.3 is 0 Å². The molecule has 0 aliphatic rings. The fourth-order valence-electron chi connectivity index (χ4n) is 2.83. The molecule has 0 fully saturated rings. The van der Waals surface area contributed by atoms with Crippen LogP contribution in [0.25, 0.3) is 10.9 Å². The summed E-state index contributed by atoms with van der Waals surface area (Å²) in [5.41, 5.74) is 1.56. The molecule has 1 heterocycles. The molecule has 30 heavy (non-hydrogen) atoms. The summed E-state index contributed by atoms with van der Waals surface area (Å²) < 4.78 is 21.0. The second-order valence-electron chi connectivity index (χ2n) is 8.07. The molecule has 2 aromatic rings. The summed E-state index contributed by atoms with van der Waals surface area (Å²) in [6.45, 7) is 9.04. The molecule has 7 nitrogen and oxygen atoms in total. The van der Waals surface area contributed by atoms with Gasteiger partial charge in [-0.1, -0.05) is 20.8 Å². The van der Waals surface area contributed by atoms with E-state index in [0.717, 1.165) is 10.9 Å². The molecule has 0 unspecified atom stereocenters. The zero-order chi connectivity index (χ0) is 22.0. The van der Waals surface area contributed by atoms with E-state index in [4.69, 9.17) is 18.9 Å². The Morgan fingerprint density at radius 1 is 0.867 bits per heavy atom. The van der Waals surface area contributed by atoms with Crippen LogP contribution in [0.2, 0.25) is 0 Å². The number of hydrogen-bond donors (Lipinski definition) is 1. The van der Waals surface area contributed by atoms with Crippen LogP contribution >= 0.6 is 0 Å². The first-order valence-electron chi connectivity index (χ1n) is 10.3. The predicted octanol–water partition coefficient (Wildman–Crippen LogP) is 3.67. The minimum absolute atomic E-state index is 0.00857. The molecule has 166 valence electrons. The molecular weight excluding hydrogens is 386 g/mol. The van der Waals surface area contributed by atoms with Gasteiger partial charge in [0.15, 0.2) is 11.6 Å². The number of fused-ring (bicyclic) bond motifs is 1. The van der Waals surface area contributed by atoms with Crippen molar-refractivity contribution in [1.29, 1.82) is 0 Å². The van der Waals surface area contributed by atoms with Crippen LogP contribution in [0.3, 0.4) is 0 Å². The molecule has 1 N–H and O–H groups in total. The number of ketones is 2. The second-order valence-corrected chi connectivity index (χ2v) is 8.07. The van der Waals surface area contributed by atoms with Gasteiger partial charge in [-0.2, -0.15) is 0 Å². The van der Waals surface area contributed by atoms with Crippen LogP contribution in [-0.2, 0) is 18.9 Å². The lowest BCUT2D eigenvalue weighted by atomic mass is 9.89. The van der Waals surface area contributed by atoms with Gasteiger partial charge in [-0.15, -0.1) is 0 Å². The Morgan fingerprint density at radius 3 is 2.07 bits per heavy atom. The Bertz CT molecular complexity index is 821. The molecule has 0 atom stereocenters. The lowest BCUT2D eigenvalue weighted by Crippen LogP contribution is -2.20. The number of ether oxygens (including phenoxy) is 4. The Balaban J connectivity index is 1.71. The average Bonchev–Trinajstić information content (AvgIpc) is 3.13. The van der Waals surface area contributed by atoms with Crippen LogP contribution in [0.15, 0.2) is 24.3 Å². The van der Waals surface area contributed by atoms with Crippen molar-refractivity contribution >= 4 is 22.5 Å². The topological polar surface area (TPSA) is 86.8 Å². The number of hydrogen-bond acceptors (Lipinski definition) is 6. The largest absolute Gasteiger partial charge is 0.382 e. The number of rotatable bonds is 14. The highest BCUT2D eigenvalue weighted by Crippen LogP contribution is 2.24. The molecule has 0 bridgehead atoms. The van der Waals surface area contributed by atoms with Gasteiger partial charge in [0, 0.05) is 35.4 Å². The lowest BCUT2D eigenvalue weighted by Gasteiger charge is -2.14. The van der Waals surface area contributed by atoms with Crippen molar-refractivity contribution in [3.05, 3.63) is 35.5 Å². The quantitative estimate of drug-likeness (QED) is 0.371. The standard InChI is InChI=1S/C23H33NO6/c1-23(2,3)22(26)20-16-18-15-17(5-6-19(18)24-20)21(25)7-8-28-11-12-30-14-13-29-10-9-27-4/h5-6,15-16,24H,7-14H2,1-4H3. The van der Waals surface area contributed by atoms with Gasteiger partial charge < -0.3 is 23.9 Å². The molecule has 2 rings (SSSR count). The molecule has 0 aliphatic carbocycles. The number of methoxy groups -OCH3 is 1. The van der Waals surface area contributed by atoms with Crippen LogP contribution in [-0.4, -0.2) is 69.9 Å². The minimum atomic E-state index is -0.461. The van der Waals surface area contributed by atoms with Crippen LogP contribution in [0.4, 0.5) is 0 Å². The molecule has 0 amide bonds. The highest BCUT2D eigenvalue weighted by atomic mass is 16.6. The maximum atomic E-state index is 12.4. The molecule has 0 saturated heterocycles. The van der Waals surface area contributed by atoms with Crippen molar-refractivity contribution < 1.29 is 28.5 Å². The maximum absolute atomic E-state index is 12.4. The van der Waals surface area contributed by atoms with Crippen LogP contribution in [0.1, 0.15) is 48.0 Å². The predicted molar refractivity (Wildman–Crippen MR) is 115 cm³/mol. The third-order valence-corrected chi connectivity index (χ3v) is 4.52. The van der Waals surface area contributed by atoms with Gasteiger partial charge in [0.05, 0.1) is 51.9 Å². The summed E-state index contributed by atoms with van der Waals surface area (Å²) in [7, 11) is 1.63. The molecule has 0 radical (unpaired) electrons. The molecule has 1 aromatic carbocycles. The van der Waals surface area contributed by atoms with Gasteiger partial charge in [0.25, 0.3) is 0 Å². The summed E-state index contributed by atoms with van der Waals surface area (Å²) in [6.07, 6.45) is 0.295. The monoisotopic (exact) mass is 419 g/mol. The van der Waals surface area contributed by atoms with Gasteiger partial charge in [-0.25, -0.2) is 0 Å². The molecule has 0 aliphatic heterocycles. The SMILES string of the molecule is COCCOCCOCCOCCC(=O)c1ccc2[nH]c(C(=O)C(C)(C)C)cc2c1. The molecule has 0 saturated carbocycles. The summed E-state index contributed by atoms with van der Waals surface area (Å²) in [5, 5.41) is 0.857. The van der Waals surface area contributed by atoms with Gasteiger partial charge in [-0.3, -0.25) is 9.59 Å². The average molecular weight is 420 g/mol. The summed E-state index contributed by atoms with van der Waals surface area (Å²) in [6, 6.07) is 7.25. The highest BCUT2D eigenvalue weighted by molar-refractivity contribution is 6.04. The van der Waals surface area contributed by atoms with E-state index in [9.17, 15) is 9.59 Å².